The van der Waals surface area contributed by atoms with Gasteiger partial charge in [-0.25, -0.2) is 4.98 Å². The van der Waals surface area contributed by atoms with Crippen LogP contribution in [0.25, 0.3) is 0 Å². The first-order chi connectivity index (χ1) is 7.69. The molecule has 0 atom stereocenters. The molecule has 0 unspecified atom stereocenters. The van der Waals surface area contributed by atoms with Gasteiger partial charge in [0.15, 0.2) is 0 Å². The summed E-state index contributed by atoms with van der Waals surface area (Å²) in [6, 6.07) is 4.46. The second-order valence-corrected chi connectivity index (χ2v) is 3.93. The second kappa shape index (κ2) is 6.05. The molecule has 84 valence electrons. The van der Waals surface area contributed by atoms with Gasteiger partial charge in [-0.3, -0.25) is 10.1 Å². The van der Waals surface area contributed by atoms with Crippen molar-refractivity contribution in [3.05, 3.63) is 27.9 Å². The number of pyridine rings is 1. The fourth-order valence-electron chi connectivity index (χ4n) is 0.985. The fourth-order valence-corrected chi connectivity index (χ4v) is 1.79. The van der Waals surface area contributed by atoms with Crippen molar-refractivity contribution in [1.29, 1.82) is 5.26 Å². The average molecular weight is 239 g/mol. The minimum Gasteiger partial charge on any atom is -0.396 e. The number of aromatic nitrogens is 1. The maximum absolute atomic E-state index is 10.5. The normalized spacial score (nSPS) is 9.75. The minimum absolute atomic E-state index is 0.0884. The van der Waals surface area contributed by atoms with Gasteiger partial charge in [-0.15, -0.1) is 11.8 Å². The van der Waals surface area contributed by atoms with Crippen molar-refractivity contribution in [3.63, 3.8) is 0 Å². The first kappa shape index (κ1) is 12.4. The van der Waals surface area contributed by atoms with Crippen molar-refractivity contribution in [2.75, 3.05) is 12.4 Å². The minimum atomic E-state index is -0.631. The summed E-state index contributed by atoms with van der Waals surface area (Å²) in [6.07, 6.45) is 0.616. The molecule has 0 aliphatic heterocycles. The quantitative estimate of drug-likeness (QED) is 0.360. The molecule has 1 aromatic rings. The number of aliphatic hydroxyl groups excluding tert-OH is 1. The van der Waals surface area contributed by atoms with E-state index in [0.717, 1.165) is 0 Å². The van der Waals surface area contributed by atoms with E-state index in [4.69, 9.17) is 10.4 Å². The highest BCUT2D eigenvalue weighted by Crippen LogP contribution is 2.22. The van der Waals surface area contributed by atoms with Gasteiger partial charge in [-0.1, -0.05) is 0 Å². The van der Waals surface area contributed by atoms with Crippen LogP contribution in [0.5, 0.6) is 0 Å². The molecule has 1 heterocycles. The molecule has 0 saturated carbocycles. The van der Waals surface area contributed by atoms with E-state index >= 15 is 0 Å². The molecule has 0 amide bonds. The van der Waals surface area contributed by atoms with Gasteiger partial charge < -0.3 is 5.11 Å². The van der Waals surface area contributed by atoms with Crippen LogP contribution in [-0.4, -0.2) is 27.4 Å². The molecule has 1 N–H and O–H groups in total. The molecule has 7 heteroatoms. The molecule has 1 rings (SSSR count). The SMILES string of the molecule is N#Cc1nc(SCCCO)ccc1[N+](=O)[O-]. The Labute approximate surface area is 96.1 Å². The molecule has 0 aliphatic rings. The predicted molar refractivity (Wildman–Crippen MR) is 58.0 cm³/mol. The smallest absolute Gasteiger partial charge is 0.305 e. The van der Waals surface area contributed by atoms with Crippen molar-refractivity contribution in [2.24, 2.45) is 0 Å². The largest absolute Gasteiger partial charge is 0.396 e. The van der Waals surface area contributed by atoms with Crippen LogP contribution in [0.3, 0.4) is 0 Å². The molecule has 0 aromatic carbocycles. The molecule has 1 aromatic heterocycles. The van der Waals surface area contributed by atoms with E-state index in [2.05, 4.69) is 4.98 Å². The van der Waals surface area contributed by atoms with Crippen LogP contribution in [-0.2, 0) is 0 Å². The average Bonchev–Trinajstić information content (AvgIpc) is 2.29. The van der Waals surface area contributed by atoms with Gasteiger partial charge in [-0.2, -0.15) is 5.26 Å². The van der Waals surface area contributed by atoms with E-state index in [1.54, 1.807) is 6.07 Å². The van der Waals surface area contributed by atoms with Crippen LogP contribution >= 0.6 is 11.8 Å². The van der Waals surface area contributed by atoms with Gasteiger partial charge in [-0.05, 0) is 12.5 Å². The Balaban J connectivity index is 2.84. The molecular formula is C9H9N3O3S. The summed E-state index contributed by atoms with van der Waals surface area (Å²) in [5.74, 6) is 0.659. The van der Waals surface area contributed by atoms with Crippen LogP contribution in [0.2, 0.25) is 0 Å². The summed E-state index contributed by atoms with van der Waals surface area (Å²) in [5.41, 5.74) is -0.465. The summed E-state index contributed by atoms with van der Waals surface area (Å²) < 4.78 is 0. The third kappa shape index (κ3) is 3.18. The Morgan fingerprint density at radius 1 is 1.62 bits per heavy atom. The number of nitro groups is 1. The highest BCUT2D eigenvalue weighted by atomic mass is 32.2. The molecule has 0 radical (unpaired) electrons. The van der Waals surface area contributed by atoms with Crippen molar-refractivity contribution in [2.45, 2.75) is 11.4 Å². The van der Waals surface area contributed by atoms with Gasteiger partial charge in [0.05, 0.1) is 9.95 Å². The second-order valence-electron chi connectivity index (χ2n) is 2.81. The predicted octanol–water partition coefficient (Wildman–Crippen LogP) is 1.34. The van der Waals surface area contributed by atoms with E-state index in [0.29, 0.717) is 17.2 Å². The van der Waals surface area contributed by atoms with Crippen LogP contribution in [0.4, 0.5) is 5.69 Å². The molecule has 0 fully saturated rings. The summed E-state index contributed by atoms with van der Waals surface area (Å²) in [6.45, 7) is 0.0884. The third-order valence-corrected chi connectivity index (χ3v) is 2.72. The van der Waals surface area contributed by atoms with Crippen LogP contribution in [0, 0.1) is 21.4 Å². The summed E-state index contributed by atoms with van der Waals surface area (Å²) in [5, 5.41) is 28.4. The van der Waals surface area contributed by atoms with Gasteiger partial charge in [0.25, 0.3) is 0 Å². The van der Waals surface area contributed by atoms with Crippen molar-refractivity contribution >= 4 is 17.4 Å². The molecule has 0 bridgehead atoms. The zero-order valence-corrected chi connectivity index (χ0v) is 9.11. The monoisotopic (exact) mass is 239 g/mol. The van der Waals surface area contributed by atoms with Gasteiger partial charge >= 0.3 is 5.69 Å². The summed E-state index contributed by atoms with van der Waals surface area (Å²) in [4.78, 5) is 13.8. The number of nitrogens with zero attached hydrogens (tertiary/aromatic N) is 3. The van der Waals surface area contributed by atoms with Gasteiger partial charge in [0.1, 0.15) is 6.07 Å². The highest BCUT2D eigenvalue weighted by Gasteiger charge is 2.15. The van der Waals surface area contributed by atoms with E-state index in [1.165, 1.54) is 23.9 Å². The number of hydrogen-bond donors (Lipinski definition) is 1. The molecule has 0 aliphatic carbocycles. The summed E-state index contributed by atoms with van der Waals surface area (Å²) in [7, 11) is 0. The first-order valence-corrected chi connectivity index (χ1v) is 5.46. The van der Waals surface area contributed by atoms with Crippen molar-refractivity contribution in [3.8, 4) is 6.07 Å². The van der Waals surface area contributed by atoms with Gasteiger partial charge in [0.2, 0.25) is 5.69 Å². The maximum atomic E-state index is 10.5. The summed E-state index contributed by atoms with van der Waals surface area (Å²) >= 11 is 1.35. The lowest BCUT2D eigenvalue weighted by Gasteiger charge is -2.00. The first-order valence-electron chi connectivity index (χ1n) is 4.48. The Hall–Kier alpha value is -1.65. The molecular weight excluding hydrogens is 230 g/mol. The Morgan fingerprint density at radius 2 is 2.38 bits per heavy atom. The zero-order chi connectivity index (χ0) is 12.0. The molecule has 6 nitrogen and oxygen atoms in total. The van der Waals surface area contributed by atoms with E-state index in [1.807, 2.05) is 0 Å². The van der Waals surface area contributed by atoms with E-state index < -0.39 is 4.92 Å². The lowest BCUT2D eigenvalue weighted by atomic mass is 10.3. The standard InChI is InChI=1S/C9H9N3O3S/c10-6-7-8(12(14)15)2-3-9(11-7)16-5-1-4-13/h2-3,13H,1,4-5H2. The van der Waals surface area contributed by atoms with Crippen LogP contribution in [0.1, 0.15) is 12.1 Å². The molecule has 0 saturated heterocycles. The van der Waals surface area contributed by atoms with Crippen molar-refractivity contribution < 1.29 is 10.0 Å². The Kier molecular flexibility index (Phi) is 4.69. The number of rotatable bonds is 5. The number of thioether (sulfide) groups is 1. The lowest BCUT2D eigenvalue weighted by molar-refractivity contribution is -0.385. The Bertz CT molecular complexity index is 430. The third-order valence-electron chi connectivity index (χ3n) is 1.70. The molecule has 0 spiro atoms. The molecule has 16 heavy (non-hydrogen) atoms. The van der Waals surface area contributed by atoms with Crippen molar-refractivity contribution in [1.82, 2.24) is 4.98 Å². The maximum Gasteiger partial charge on any atom is 0.305 e. The fraction of sp³-hybridized carbons (Fsp3) is 0.333. The zero-order valence-electron chi connectivity index (χ0n) is 8.29. The Morgan fingerprint density at radius 3 is 2.94 bits per heavy atom. The van der Waals surface area contributed by atoms with Crippen LogP contribution in [0.15, 0.2) is 17.2 Å². The van der Waals surface area contributed by atoms with Crippen LogP contribution < -0.4 is 0 Å². The van der Waals surface area contributed by atoms with Gasteiger partial charge in [0, 0.05) is 18.4 Å². The number of hydrogen-bond acceptors (Lipinski definition) is 6. The number of nitriles is 1. The van der Waals surface area contributed by atoms with E-state index in [-0.39, 0.29) is 18.0 Å². The van der Waals surface area contributed by atoms with E-state index in [9.17, 15) is 10.1 Å². The topological polar surface area (TPSA) is 100 Å². The number of aliphatic hydroxyl groups is 1. The lowest BCUT2D eigenvalue weighted by Crippen LogP contribution is -1.96. The highest BCUT2D eigenvalue weighted by molar-refractivity contribution is 7.99.